The first-order chi connectivity index (χ1) is 7.61. The van der Waals surface area contributed by atoms with Gasteiger partial charge in [-0.25, -0.2) is 0 Å². The van der Waals surface area contributed by atoms with E-state index >= 15 is 0 Å². The van der Waals surface area contributed by atoms with E-state index in [9.17, 15) is 0 Å². The molecule has 0 spiro atoms. The summed E-state index contributed by atoms with van der Waals surface area (Å²) in [5.41, 5.74) is 3.40. The van der Waals surface area contributed by atoms with Gasteiger partial charge in [0.05, 0.1) is 12.1 Å². The van der Waals surface area contributed by atoms with Gasteiger partial charge in [-0.1, -0.05) is 30.7 Å². The molecule has 1 aliphatic rings. The first-order valence-corrected chi connectivity index (χ1v) is 5.51. The molecule has 0 saturated carbocycles. The van der Waals surface area contributed by atoms with Crippen LogP contribution in [0.2, 0.25) is 0 Å². The van der Waals surface area contributed by atoms with E-state index in [0.717, 1.165) is 12.8 Å². The first kappa shape index (κ1) is 10.7. The fraction of sp³-hybridized carbons (Fsp3) is 0.429. The maximum Gasteiger partial charge on any atom is 0.142 e. The molecule has 0 radical (unpaired) electrons. The number of nitrogens with zero attached hydrogens (tertiary/aromatic N) is 2. The van der Waals surface area contributed by atoms with E-state index in [1.807, 2.05) is 13.8 Å². The van der Waals surface area contributed by atoms with Gasteiger partial charge in [0, 0.05) is 5.41 Å². The molecule has 0 fully saturated rings. The molecule has 1 aromatic carbocycles. The molecular formula is C14H14N2. The summed E-state index contributed by atoms with van der Waals surface area (Å²) in [6.45, 7) is 4.09. The van der Waals surface area contributed by atoms with E-state index < -0.39 is 5.92 Å². The van der Waals surface area contributed by atoms with Crippen LogP contribution in [0.3, 0.4) is 0 Å². The van der Waals surface area contributed by atoms with Gasteiger partial charge in [-0.3, -0.25) is 0 Å². The fourth-order valence-corrected chi connectivity index (χ4v) is 2.58. The molecule has 1 atom stereocenters. The lowest BCUT2D eigenvalue weighted by Gasteiger charge is -2.26. The molecule has 2 heteroatoms. The molecule has 16 heavy (non-hydrogen) atoms. The van der Waals surface area contributed by atoms with Crippen molar-refractivity contribution in [1.82, 2.24) is 0 Å². The van der Waals surface area contributed by atoms with Crippen LogP contribution in [0.25, 0.3) is 0 Å². The zero-order valence-corrected chi connectivity index (χ0v) is 9.62. The number of nitriles is 2. The van der Waals surface area contributed by atoms with E-state index in [2.05, 4.69) is 30.3 Å². The Hall–Kier alpha value is -1.80. The molecule has 80 valence electrons. The molecular weight excluding hydrogens is 196 g/mol. The number of hydrogen-bond acceptors (Lipinski definition) is 2. The molecule has 1 unspecified atom stereocenters. The number of fused-ring (bicyclic) bond motifs is 1. The van der Waals surface area contributed by atoms with E-state index in [1.165, 1.54) is 16.7 Å². The van der Waals surface area contributed by atoms with Crippen LogP contribution in [-0.2, 0) is 11.8 Å². The lowest BCUT2D eigenvalue weighted by atomic mass is 9.73. The Balaban J connectivity index is 2.55. The van der Waals surface area contributed by atoms with E-state index in [1.54, 1.807) is 0 Å². The maximum absolute atomic E-state index is 9.07. The second-order valence-electron chi connectivity index (χ2n) is 4.77. The van der Waals surface area contributed by atoms with Gasteiger partial charge in [0.25, 0.3) is 0 Å². The third-order valence-electron chi connectivity index (χ3n) is 3.69. The molecule has 0 bridgehead atoms. The van der Waals surface area contributed by atoms with Crippen molar-refractivity contribution >= 4 is 0 Å². The van der Waals surface area contributed by atoms with Gasteiger partial charge < -0.3 is 0 Å². The van der Waals surface area contributed by atoms with Crippen LogP contribution in [0.5, 0.6) is 0 Å². The highest BCUT2D eigenvalue weighted by Gasteiger charge is 2.41. The number of rotatable bonds is 1. The summed E-state index contributed by atoms with van der Waals surface area (Å²) in [5.74, 6) is -0.546. The summed E-state index contributed by atoms with van der Waals surface area (Å²) in [4.78, 5) is 0. The van der Waals surface area contributed by atoms with Crippen LogP contribution >= 0.6 is 0 Å². The minimum absolute atomic E-state index is 0.287. The Morgan fingerprint density at radius 1 is 1.31 bits per heavy atom. The molecule has 0 aromatic heterocycles. The summed E-state index contributed by atoms with van der Waals surface area (Å²) in [5, 5.41) is 18.1. The van der Waals surface area contributed by atoms with Crippen LogP contribution in [-0.4, -0.2) is 0 Å². The predicted molar refractivity (Wildman–Crippen MR) is 61.6 cm³/mol. The Bertz CT molecular complexity index is 490. The highest BCUT2D eigenvalue weighted by atomic mass is 14.5. The van der Waals surface area contributed by atoms with Gasteiger partial charge in [0.15, 0.2) is 0 Å². The van der Waals surface area contributed by atoms with E-state index in [-0.39, 0.29) is 5.41 Å². The van der Waals surface area contributed by atoms with Crippen molar-refractivity contribution in [2.75, 3.05) is 0 Å². The van der Waals surface area contributed by atoms with E-state index in [0.29, 0.717) is 0 Å². The lowest BCUT2D eigenvalue weighted by Crippen LogP contribution is -2.27. The third kappa shape index (κ3) is 1.39. The molecule has 0 saturated heterocycles. The molecule has 0 heterocycles. The largest absolute Gasteiger partial charge is 0.197 e. The van der Waals surface area contributed by atoms with Crippen molar-refractivity contribution in [2.45, 2.75) is 32.1 Å². The smallest absolute Gasteiger partial charge is 0.142 e. The van der Waals surface area contributed by atoms with Crippen LogP contribution in [0.1, 0.15) is 30.0 Å². The highest BCUT2D eigenvalue weighted by molar-refractivity contribution is 5.44. The molecule has 1 aliphatic carbocycles. The standard InChI is InChI=1S/C14H14N2/c1-10-3-4-11-5-6-14(2,13(11)7-10)12(8-15)9-16/h3-4,7,12H,5-6H2,1-2H3. The first-order valence-electron chi connectivity index (χ1n) is 5.51. The monoisotopic (exact) mass is 210 g/mol. The minimum atomic E-state index is -0.546. The normalized spacial score (nSPS) is 22.6. The lowest BCUT2D eigenvalue weighted by molar-refractivity contribution is 0.413. The zero-order valence-electron chi connectivity index (χ0n) is 9.62. The Labute approximate surface area is 96.1 Å². The molecule has 2 nitrogen and oxygen atoms in total. The zero-order chi connectivity index (χ0) is 11.8. The predicted octanol–water partition coefficient (Wildman–Crippen LogP) is 2.86. The number of hydrogen-bond donors (Lipinski definition) is 0. The van der Waals surface area contributed by atoms with Gasteiger partial charge in [-0.05, 0) is 30.9 Å². The maximum atomic E-state index is 9.07. The quantitative estimate of drug-likeness (QED) is 0.715. The summed E-state index contributed by atoms with van der Waals surface area (Å²) in [7, 11) is 0. The van der Waals surface area contributed by atoms with Crippen molar-refractivity contribution < 1.29 is 0 Å². The van der Waals surface area contributed by atoms with Crippen LogP contribution in [0.15, 0.2) is 18.2 Å². The summed E-state index contributed by atoms with van der Waals surface area (Å²) >= 11 is 0. The molecule has 2 rings (SSSR count). The average molecular weight is 210 g/mol. The average Bonchev–Trinajstić information content (AvgIpc) is 2.59. The minimum Gasteiger partial charge on any atom is -0.197 e. The second-order valence-corrected chi connectivity index (χ2v) is 4.77. The van der Waals surface area contributed by atoms with Gasteiger partial charge in [-0.2, -0.15) is 10.5 Å². The van der Waals surface area contributed by atoms with Crippen molar-refractivity contribution in [3.63, 3.8) is 0 Å². The molecule has 1 aromatic rings. The Kier molecular flexibility index (Phi) is 2.44. The summed E-state index contributed by atoms with van der Waals surface area (Å²) in [6, 6.07) is 10.6. The van der Waals surface area contributed by atoms with Crippen LogP contribution < -0.4 is 0 Å². The number of benzene rings is 1. The molecule has 0 aliphatic heterocycles. The fourth-order valence-electron chi connectivity index (χ4n) is 2.58. The van der Waals surface area contributed by atoms with Gasteiger partial charge in [0.1, 0.15) is 5.92 Å². The Morgan fingerprint density at radius 2 is 2.00 bits per heavy atom. The van der Waals surface area contributed by atoms with Gasteiger partial charge >= 0.3 is 0 Å². The number of aryl methyl sites for hydroxylation is 2. The SMILES string of the molecule is Cc1ccc2c(c1)C(C)(C(C#N)C#N)CC2. The molecule has 0 amide bonds. The van der Waals surface area contributed by atoms with Crippen LogP contribution in [0, 0.1) is 35.5 Å². The highest BCUT2D eigenvalue weighted by Crippen LogP contribution is 2.44. The van der Waals surface area contributed by atoms with Crippen molar-refractivity contribution in [3.05, 3.63) is 34.9 Å². The third-order valence-corrected chi connectivity index (χ3v) is 3.69. The summed E-state index contributed by atoms with van der Waals surface area (Å²) in [6.07, 6.45) is 1.88. The van der Waals surface area contributed by atoms with Gasteiger partial charge in [-0.15, -0.1) is 0 Å². The van der Waals surface area contributed by atoms with Gasteiger partial charge in [0.2, 0.25) is 0 Å². The van der Waals surface area contributed by atoms with Crippen molar-refractivity contribution in [3.8, 4) is 12.1 Å². The van der Waals surface area contributed by atoms with Crippen molar-refractivity contribution in [1.29, 1.82) is 10.5 Å². The second kappa shape index (κ2) is 3.65. The molecule has 0 N–H and O–H groups in total. The summed E-state index contributed by atoms with van der Waals surface area (Å²) < 4.78 is 0. The van der Waals surface area contributed by atoms with E-state index in [4.69, 9.17) is 10.5 Å². The van der Waals surface area contributed by atoms with Crippen molar-refractivity contribution in [2.24, 2.45) is 5.92 Å². The topological polar surface area (TPSA) is 47.6 Å². The van der Waals surface area contributed by atoms with Crippen LogP contribution in [0.4, 0.5) is 0 Å². The Morgan fingerprint density at radius 3 is 2.62 bits per heavy atom.